The fraction of sp³-hybridized carbons (Fsp3) is 0.250. The number of rotatable bonds is 4. The van der Waals surface area contributed by atoms with Crippen LogP contribution >= 0.6 is 0 Å². The molecule has 0 aliphatic heterocycles. The van der Waals surface area contributed by atoms with Crippen molar-refractivity contribution in [3.8, 4) is 0 Å². The van der Waals surface area contributed by atoms with Gasteiger partial charge in [-0.2, -0.15) is 0 Å². The number of hydrogen-bond acceptors (Lipinski definition) is 3. The number of aromatic nitrogens is 1. The molecule has 110 valence electrons. The Morgan fingerprint density at radius 3 is 2.71 bits per heavy atom. The van der Waals surface area contributed by atoms with Crippen LogP contribution in [0.1, 0.15) is 33.3 Å². The molecule has 0 saturated carbocycles. The second-order valence-corrected chi connectivity index (χ2v) is 4.67. The molecule has 1 heterocycles. The van der Waals surface area contributed by atoms with Crippen LogP contribution in [0, 0.1) is 6.92 Å². The number of methoxy groups -OCH3 is 1. The Kier molecular flexibility index (Phi) is 4.42. The van der Waals surface area contributed by atoms with Crippen LogP contribution < -0.4 is 5.32 Å². The molecule has 1 N–H and O–H groups in total. The van der Waals surface area contributed by atoms with Gasteiger partial charge in [-0.1, -0.05) is 11.6 Å². The first-order valence-corrected chi connectivity index (χ1v) is 6.72. The van der Waals surface area contributed by atoms with E-state index in [1.54, 1.807) is 18.2 Å². The first-order valence-electron chi connectivity index (χ1n) is 6.72. The largest absolute Gasteiger partial charge is 0.465 e. The van der Waals surface area contributed by atoms with Gasteiger partial charge in [0.05, 0.1) is 18.4 Å². The number of anilines is 1. The Bertz CT molecular complexity index is 674. The van der Waals surface area contributed by atoms with Gasteiger partial charge in [0.15, 0.2) is 0 Å². The van der Waals surface area contributed by atoms with Crippen molar-refractivity contribution in [2.45, 2.75) is 20.4 Å². The minimum absolute atomic E-state index is 0.254. The molecular weight excluding hydrogens is 268 g/mol. The van der Waals surface area contributed by atoms with Crippen molar-refractivity contribution in [3.05, 3.63) is 53.3 Å². The molecule has 21 heavy (non-hydrogen) atoms. The first-order chi connectivity index (χ1) is 10.1. The molecule has 1 aromatic heterocycles. The van der Waals surface area contributed by atoms with E-state index in [2.05, 4.69) is 5.32 Å². The lowest BCUT2D eigenvalue weighted by atomic mass is 10.1. The van der Waals surface area contributed by atoms with Crippen LogP contribution in [0.3, 0.4) is 0 Å². The molecule has 0 atom stereocenters. The molecule has 0 unspecified atom stereocenters. The maximum atomic E-state index is 12.3. The number of nitrogens with one attached hydrogen (secondary N) is 1. The summed E-state index contributed by atoms with van der Waals surface area (Å²) in [5.74, 6) is -0.726. The zero-order valence-electron chi connectivity index (χ0n) is 12.3. The monoisotopic (exact) mass is 286 g/mol. The zero-order valence-corrected chi connectivity index (χ0v) is 12.3. The third kappa shape index (κ3) is 3.13. The molecule has 5 heteroatoms. The van der Waals surface area contributed by atoms with Gasteiger partial charge in [0, 0.05) is 12.7 Å². The standard InChI is InChI=1S/C16H18N2O3/c1-4-18-9-5-6-14(18)15(19)17-13-8-7-11(2)10-12(13)16(20)21-3/h5-10H,4H2,1-3H3,(H,17,19). The molecule has 0 spiro atoms. The Hall–Kier alpha value is -2.56. The predicted molar refractivity (Wildman–Crippen MR) is 80.6 cm³/mol. The Labute approximate surface area is 123 Å². The molecule has 2 rings (SSSR count). The molecule has 0 fully saturated rings. The highest BCUT2D eigenvalue weighted by Gasteiger charge is 2.16. The van der Waals surface area contributed by atoms with E-state index in [4.69, 9.17) is 4.74 Å². The highest BCUT2D eigenvalue weighted by Crippen LogP contribution is 2.19. The lowest BCUT2D eigenvalue weighted by molar-refractivity contribution is 0.0602. The van der Waals surface area contributed by atoms with E-state index in [0.717, 1.165) is 5.56 Å². The quantitative estimate of drug-likeness (QED) is 0.879. The summed E-state index contributed by atoms with van der Waals surface area (Å²) in [4.78, 5) is 24.1. The smallest absolute Gasteiger partial charge is 0.339 e. The number of amides is 1. The van der Waals surface area contributed by atoms with Crippen LogP contribution in [0.2, 0.25) is 0 Å². The fourth-order valence-corrected chi connectivity index (χ4v) is 2.13. The fourth-order valence-electron chi connectivity index (χ4n) is 2.13. The lowest BCUT2D eigenvalue weighted by Crippen LogP contribution is -2.18. The van der Waals surface area contributed by atoms with E-state index in [1.807, 2.05) is 36.7 Å². The molecular formula is C16H18N2O3. The van der Waals surface area contributed by atoms with Crippen molar-refractivity contribution in [2.24, 2.45) is 0 Å². The topological polar surface area (TPSA) is 60.3 Å². The van der Waals surface area contributed by atoms with Crippen LogP contribution in [0.4, 0.5) is 5.69 Å². The molecule has 0 saturated heterocycles. The number of benzene rings is 1. The van der Waals surface area contributed by atoms with E-state index in [-0.39, 0.29) is 5.91 Å². The van der Waals surface area contributed by atoms with Gasteiger partial charge in [0.25, 0.3) is 5.91 Å². The molecule has 0 aliphatic carbocycles. The maximum Gasteiger partial charge on any atom is 0.339 e. The molecule has 5 nitrogen and oxygen atoms in total. The second kappa shape index (κ2) is 6.26. The summed E-state index contributed by atoms with van der Waals surface area (Å²) in [6.45, 7) is 4.54. The SMILES string of the molecule is CCn1cccc1C(=O)Nc1ccc(C)cc1C(=O)OC. The highest BCUT2D eigenvalue weighted by atomic mass is 16.5. The van der Waals surface area contributed by atoms with Crippen LogP contribution in [-0.4, -0.2) is 23.6 Å². The normalized spacial score (nSPS) is 10.2. The van der Waals surface area contributed by atoms with Gasteiger partial charge in [-0.05, 0) is 38.1 Å². The van der Waals surface area contributed by atoms with Crippen molar-refractivity contribution in [1.82, 2.24) is 4.57 Å². The van der Waals surface area contributed by atoms with E-state index >= 15 is 0 Å². The number of aryl methyl sites for hydroxylation is 2. The average molecular weight is 286 g/mol. The number of carbonyl (C=O) groups is 2. The van der Waals surface area contributed by atoms with E-state index in [9.17, 15) is 9.59 Å². The van der Waals surface area contributed by atoms with Gasteiger partial charge in [0.2, 0.25) is 0 Å². The summed E-state index contributed by atoms with van der Waals surface area (Å²) < 4.78 is 6.59. The van der Waals surface area contributed by atoms with Crippen LogP contribution in [0.25, 0.3) is 0 Å². The number of esters is 1. The lowest BCUT2D eigenvalue weighted by Gasteiger charge is -2.11. The van der Waals surface area contributed by atoms with E-state index in [0.29, 0.717) is 23.5 Å². The van der Waals surface area contributed by atoms with E-state index < -0.39 is 5.97 Å². The minimum Gasteiger partial charge on any atom is -0.465 e. The molecule has 1 aromatic carbocycles. The minimum atomic E-state index is -0.472. The van der Waals surface area contributed by atoms with Crippen molar-refractivity contribution in [3.63, 3.8) is 0 Å². The predicted octanol–water partition coefficient (Wildman–Crippen LogP) is 2.86. The van der Waals surface area contributed by atoms with Crippen molar-refractivity contribution in [1.29, 1.82) is 0 Å². The average Bonchev–Trinajstić information content (AvgIpc) is 2.96. The van der Waals surface area contributed by atoms with Gasteiger partial charge in [-0.15, -0.1) is 0 Å². The number of nitrogens with zero attached hydrogens (tertiary/aromatic N) is 1. The summed E-state index contributed by atoms with van der Waals surface area (Å²) in [6.07, 6.45) is 1.84. The van der Waals surface area contributed by atoms with Crippen molar-refractivity contribution >= 4 is 17.6 Å². The van der Waals surface area contributed by atoms with Crippen LogP contribution in [-0.2, 0) is 11.3 Å². The third-order valence-electron chi connectivity index (χ3n) is 3.23. The van der Waals surface area contributed by atoms with Crippen molar-refractivity contribution in [2.75, 3.05) is 12.4 Å². The second-order valence-electron chi connectivity index (χ2n) is 4.67. The Morgan fingerprint density at radius 2 is 2.05 bits per heavy atom. The number of hydrogen-bond donors (Lipinski definition) is 1. The molecule has 2 aromatic rings. The Morgan fingerprint density at radius 1 is 1.29 bits per heavy atom. The summed E-state index contributed by atoms with van der Waals surface area (Å²) in [6, 6.07) is 8.79. The zero-order chi connectivity index (χ0) is 15.4. The number of ether oxygens (including phenoxy) is 1. The van der Waals surface area contributed by atoms with Gasteiger partial charge in [-0.25, -0.2) is 4.79 Å². The molecule has 1 amide bonds. The van der Waals surface area contributed by atoms with Crippen LogP contribution in [0.15, 0.2) is 36.5 Å². The molecule has 0 aliphatic rings. The highest BCUT2D eigenvalue weighted by molar-refractivity contribution is 6.07. The van der Waals surface area contributed by atoms with Gasteiger partial charge in [0.1, 0.15) is 5.69 Å². The Balaban J connectivity index is 2.31. The van der Waals surface area contributed by atoms with Crippen molar-refractivity contribution < 1.29 is 14.3 Å². The van der Waals surface area contributed by atoms with Crippen LogP contribution in [0.5, 0.6) is 0 Å². The summed E-state index contributed by atoms with van der Waals surface area (Å²) in [5.41, 5.74) is 2.26. The summed E-state index contributed by atoms with van der Waals surface area (Å²) in [7, 11) is 1.32. The van der Waals surface area contributed by atoms with E-state index in [1.165, 1.54) is 7.11 Å². The third-order valence-corrected chi connectivity index (χ3v) is 3.23. The summed E-state index contributed by atoms with van der Waals surface area (Å²) >= 11 is 0. The summed E-state index contributed by atoms with van der Waals surface area (Å²) in [5, 5.41) is 2.77. The van der Waals surface area contributed by atoms with Gasteiger partial charge < -0.3 is 14.6 Å². The molecule has 0 bridgehead atoms. The maximum absolute atomic E-state index is 12.3. The first kappa shape index (κ1) is 14.8. The number of carbonyl (C=O) groups excluding carboxylic acids is 2. The van der Waals surface area contributed by atoms with Gasteiger partial charge in [-0.3, -0.25) is 4.79 Å². The molecule has 0 radical (unpaired) electrons. The van der Waals surface area contributed by atoms with Gasteiger partial charge >= 0.3 is 5.97 Å².